The second-order valence-electron chi connectivity index (χ2n) is 5.36. The second kappa shape index (κ2) is 5.29. The highest BCUT2D eigenvalue weighted by atomic mass is 19.1. The van der Waals surface area contributed by atoms with E-state index in [1.165, 1.54) is 29.0 Å². The van der Waals surface area contributed by atoms with Gasteiger partial charge in [-0.3, -0.25) is 4.79 Å². The van der Waals surface area contributed by atoms with Gasteiger partial charge in [-0.15, -0.1) is 0 Å². The fourth-order valence-corrected chi connectivity index (χ4v) is 2.75. The quantitative estimate of drug-likeness (QED) is 0.882. The van der Waals surface area contributed by atoms with E-state index in [1.807, 2.05) is 0 Å². The molecule has 1 unspecified atom stereocenters. The molecule has 1 aliphatic carbocycles. The number of esters is 1. The van der Waals surface area contributed by atoms with Crippen molar-refractivity contribution in [3.63, 3.8) is 0 Å². The standard InChI is InChI=1S/C16H15FN2O3/c1-19-8-10(15(18)20)6-13(19)16(21)22-14-5-3-9-2-4-11(17)7-12(9)14/h2,4,6-8,14H,3,5H2,1H3,(H2,18,20). The molecule has 1 amide bonds. The number of nitrogens with two attached hydrogens (primary N) is 1. The number of ether oxygens (including phenoxy) is 1. The Labute approximate surface area is 126 Å². The molecule has 0 radical (unpaired) electrons. The van der Waals surface area contributed by atoms with E-state index in [2.05, 4.69) is 0 Å². The Balaban J connectivity index is 1.82. The van der Waals surface area contributed by atoms with Crippen LogP contribution in [0.25, 0.3) is 0 Å². The van der Waals surface area contributed by atoms with Crippen molar-refractivity contribution in [2.24, 2.45) is 12.8 Å². The van der Waals surface area contributed by atoms with Crippen LogP contribution in [0.3, 0.4) is 0 Å². The van der Waals surface area contributed by atoms with Gasteiger partial charge in [0.15, 0.2) is 0 Å². The van der Waals surface area contributed by atoms with Crippen molar-refractivity contribution in [2.45, 2.75) is 18.9 Å². The molecule has 1 aromatic heterocycles. The molecule has 5 nitrogen and oxygen atoms in total. The number of nitrogens with zero attached hydrogens (tertiary/aromatic N) is 1. The van der Waals surface area contributed by atoms with Gasteiger partial charge in [-0.05, 0) is 42.2 Å². The maximum atomic E-state index is 13.4. The lowest BCUT2D eigenvalue weighted by atomic mass is 10.1. The molecule has 0 saturated carbocycles. The lowest BCUT2D eigenvalue weighted by Crippen LogP contribution is -2.13. The lowest BCUT2D eigenvalue weighted by Gasteiger charge is -2.13. The third-order valence-corrected chi connectivity index (χ3v) is 3.88. The van der Waals surface area contributed by atoms with Crippen molar-refractivity contribution >= 4 is 11.9 Å². The first-order valence-corrected chi connectivity index (χ1v) is 6.91. The highest BCUT2D eigenvalue weighted by Crippen LogP contribution is 2.35. The van der Waals surface area contributed by atoms with Gasteiger partial charge in [0, 0.05) is 13.2 Å². The molecule has 2 aromatic rings. The summed E-state index contributed by atoms with van der Waals surface area (Å²) < 4.78 is 20.3. The third kappa shape index (κ3) is 2.47. The second-order valence-corrected chi connectivity index (χ2v) is 5.36. The monoisotopic (exact) mass is 302 g/mol. The SMILES string of the molecule is Cn1cc(C(N)=O)cc1C(=O)OC1CCc2ccc(F)cc21. The Hall–Kier alpha value is -2.63. The largest absolute Gasteiger partial charge is 0.453 e. The first-order valence-electron chi connectivity index (χ1n) is 6.91. The van der Waals surface area contributed by atoms with E-state index in [0.29, 0.717) is 12.0 Å². The van der Waals surface area contributed by atoms with Crippen molar-refractivity contribution < 1.29 is 18.7 Å². The van der Waals surface area contributed by atoms with E-state index < -0.39 is 18.0 Å². The molecular weight excluding hydrogens is 287 g/mol. The number of rotatable bonds is 3. The summed E-state index contributed by atoms with van der Waals surface area (Å²) in [5, 5.41) is 0. The maximum absolute atomic E-state index is 13.4. The predicted octanol–water partition coefficient (Wildman–Crippen LogP) is 2.11. The van der Waals surface area contributed by atoms with E-state index in [-0.39, 0.29) is 17.1 Å². The molecule has 1 heterocycles. The van der Waals surface area contributed by atoms with Crippen molar-refractivity contribution in [3.05, 3.63) is 58.7 Å². The summed E-state index contributed by atoms with van der Waals surface area (Å²) in [6.45, 7) is 0. The molecule has 0 spiro atoms. The van der Waals surface area contributed by atoms with Crippen LogP contribution in [-0.4, -0.2) is 16.4 Å². The van der Waals surface area contributed by atoms with Crippen LogP contribution in [0.15, 0.2) is 30.5 Å². The minimum Gasteiger partial charge on any atom is -0.453 e. The number of halogens is 1. The zero-order chi connectivity index (χ0) is 15.9. The first kappa shape index (κ1) is 14.3. The number of carbonyl (C=O) groups is 2. The van der Waals surface area contributed by atoms with Crippen molar-refractivity contribution in [1.82, 2.24) is 4.57 Å². The van der Waals surface area contributed by atoms with Crippen LogP contribution >= 0.6 is 0 Å². The Kier molecular flexibility index (Phi) is 3.44. The van der Waals surface area contributed by atoms with E-state index in [0.717, 1.165) is 12.0 Å². The molecule has 0 fully saturated rings. The van der Waals surface area contributed by atoms with Gasteiger partial charge in [0.25, 0.3) is 0 Å². The van der Waals surface area contributed by atoms with Gasteiger partial charge in [0.05, 0.1) is 5.56 Å². The number of benzene rings is 1. The molecule has 22 heavy (non-hydrogen) atoms. The van der Waals surface area contributed by atoms with E-state index in [4.69, 9.17) is 10.5 Å². The molecule has 0 aliphatic heterocycles. The highest BCUT2D eigenvalue weighted by molar-refractivity contribution is 5.96. The summed E-state index contributed by atoms with van der Waals surface area (Å²) in [5.74, 6) is -1.52. The third-order valence-electron chi connectivity index (χ3n) is 3.88. The Bertz CT molecular complexity index is 767. The summed E-state index contributed by atoms with van der Waals surface area (Å²) in [7, 11) is 1.63. The van der Waals surface area contributed by atoms with Gasteiger partial charge in [-0.2, -0.15) is 0 Å². The van der Waals surface area contributed by atoms with E-state index in [9.17, 15) is 14.0 Å². The summed E-state index contributed by atoms with van der Waals surface area (Å²) in [4.78, 5) is 23.4. The molecule has 1 aliphatic rings. The van der Waals surface area contributed by atoms with Gasteiger partial charge in [-0.25, -0.2) is 9.18 Å². The number of aryl methyl sites for hydroxylation is 2. The summed E-state index contributed by atoms with van der Waals surface area (Å²) in [6.07, 6.45) is 2.37. The van der Waals surface area contributed by atoms with Crippen LogP contribution in [0.5, 0.6) is 0 Å². The molecule has 0 saturated heterocycles. The number of hydrogen-bond acceptors (Lipinski definition) is 3. The van der Waals surface area contributed by atoms with Crippen LogP contribution in [0.1, 0.15) is 44.5 Å². The number of hydrogen-bond donors (Lipinski definition) is 1. The molecule has 1 aromatic carbocycles. The summed E-state index contributed by atoms with van der Waals surface area (Å²) in [5.41, 5.74) is 7.37. The predicted molar refractivity (Wildman–Crippen MR) is 76.8 cm³/mol. The van der Waals surface area contributed by atoms with Crippen LogP contribution in [-0.2, 0) is 18.2 Å². The van der Waals surface area contributed by atoms with Crippen LogP contribution in [0.2, 0.25) is 0 Å². The number of amides is 1. The maximum Gasteiger partial charge on any atom is 0.355 e. The average Bonchev–Trinajstić information content (AvgIpc) is 3.03. The number of primary amides is 1. The van der Waals surface area contributed by atoms with Crippen LogP contribution in [0.4, 0.5) is 4.39 Å². The molecule has 0 bridgehead atoms. The van der Waals surface area contributed by atoms with Crippen LogP contribution < -0.4 is 5.73 Å². The zero-order valence-corrected chi connectivity index (χ0v) is 12.0. The minimum absolute atomic E-state index is 0.235. The molecule has 114 valence electrons. The highest BCUT2D eigenvalue weighted by Gasteiger charge is 2.27. The summed E-state index contributed by atoms with van der Waals surface area (Å²) >= 11 is 0. The van der Waals surface area contributed by atoms with Gasteiger partial charge in [-0.1, -0.05) is 6.07 Å². The smallest absolute Gasteiger partial charge is 0.355 e. The Morgan fingerprint density at radius 3 is 2.82 bits per heavy atom. The van der Waals surface area contributed by atoms with Crippen molar-refractivity contribution in [2.75, 3.05) is 0 Å². The van der Waals surface area contributed by atoms with Gasteiger partial charge in [0.2, 0.25) is 5.91 Å². The van der Waals surface area contributed by atoms with Gasteiger partial charge >= 0.3 is 5.97 Å². The number of fused-ring (bicyclic) bond motifs is 1. The van der Waals surface area contributed by atoms with Crippen LogP contribution in [0, 0.1) is 5.82 Å². The average molecular weight is 302 g/mol. The number of carbonyl (C=O) groups excluding carboxylic acids is 2. The minimum atomic E-state index is -0.608. The van der Waals surface area contributed by atoms with Gasteiger partial charge in [0.1, 0.15) is 17.6 Å². The molecule has 3 rings (SSSR count). The molecule has 1 atom stereocenters. The normalized spacial score (nSPS) is 16.4. The molecule has 6 heteroatoms. The van der Waals surface area contributed by atoms with Crippen molar-refractivity contribution in [3.8, 4) is 0 Å². The zero-order valence-electron chi connectivity index (χ0n) is 12.0. The summed E-state index contributed by atoms with van der Waals surface area (Å²) in [6, 6.07) is 5.91. The molecule has 2 N–H and O–H groups in total. The lowest BCUT2D eigenvalue weighted by molar-refractivity contribution is 0.0289. The van der Waals surface area contributed by atoms with Crippen molar-refractivity contribution in [1.29, 1.82) is 0 Å². The van der Waals surface area contributed by atoms with E-state index in [1.54, 1.807) is 13.1 Å². The van der Waals surface area contributed by atoms with Gasteiger partial charge < -0.3 is 15.0 Å². The number of aromatic nitrogens is 1. The molecular formula is C16H15FN2O3. The fourth-order valence-electron chi connectivity index (χ4n) is 2.75. The topological polar surface area (TPSA) is 74.3 Å². The Morgan fingerprint density at radius 2 is 2.14 bits per heavy atom. The fraction of sp³-hybridized carbons (Fsp3) is 0.250. The Morgan fingerprint density at radius 1 is 1.36 bits per heavy atom. The first-order chi connectivity index (χ1) is 10.5. The van der Waals surface area contributed by atoms with E-state index >= 15 is 0 Å².